The highest BCUT2D eigenvalue weighted by molar-refractivity contribution is 8.14. The number of hydrogen-bond donors (Lipinski definition) is 0. The highest BCUT2D eigenvalue weighted by Gasteiger charge is 2.20. The van der Waals surface area contributed by atoms with Crippen molar-refractivity contribution in [2.45, 2.75) is 11.4 Å². The first-order valence-electron chi connectivity index (χ1n) is 5.43. The Labute approximate surface area is 117 Å². The minimum atomic E-state index is -3.98. The first-order chi connectivity index (χ1) is 9.45. The molecule has 0 radical (unpaired) electrons. The van der Waals surface area contributed by atoms with Crippen LogP contribution in [0.5, 0.6) is 0 Å². The van der Waals surface area contributed by atoms with E-state index >= 15 is 0 Å². The summed E-state index contributed by atoms with van der Waals surface area (Å²) >= 11 is 0. The zero-order chi connectivity index (χ0) is 14.3. The summed E-state index contributed by atoms with van der Waals surface area (Å²) in [6.07, 6.45) is 2.49. The maximum absolute atomic E-state index is 13.3. The van der Waals surface area contributed by atoms with Crippen molar-refractivity contribution < 1.29 is 17.3 Å². The van der Waals surface area contributed by atoms with Crippen LogP contribution in [0.3, 0.4) is 0 Å². The Morgan fingerprint density at radius 2 is 2.20 bits per heavy atom. The normalized spacial score (nSPS) is 12.1. The summed E-state index contributed by atoms with van der Waals surface area (Å²) in [6.45, 7) is 0.186. The van der Waals surface area contributed by atoms with Crippen LogP contribution in [0.4, 0.5) is 4.39 Å². The molecule has 2 aromatic heterocycles. The van der Waals surface area contributed by atoms with Crippen molar-refractivity contribution in [2.24, 2.45) is 0 Å². The van der Waals surface area contributed by atoms with Gasteiger partial charge in [-0.2, -0.15) is 4.98 Å². The van der Waals surface area contributed by atoms with Gasteiger partial charge in [0.2, 0.25) is 6.39 Å². The lowest BCUT2D eigenvalue weighted by Gasteiger charge is -2.00. The van der Waals surface area contributed by atoms with E-state index in [4.69, 9.17) is 10.7 Å². The van der Waals surface area contributed by atoms with Gasteiger partial charge in [-0.15, -0.1) is 0 Å². The van der Waals surface area contributed by atoms with Crippen molar-refractivity contribution in [1.82, 2.24) is 14.7 Å². The van der Waals surface area contributed by atoms with E-state index in [1.54, 1.807) is 4.57 Å². The number of aromatic nitrogens is 3. The van der Waals surface area contributed by atoms with Crippen molar-refractivity contribution in [1.29, 1.82) is 0 Å². The summed E-state index contributed by atoms with van der Waals surface area (Å²) in [5, 5.41) is 3.86. The molecule has 104 valence electrons. The van der Waals surface area contributed by atoms with Gasteiger partial charge in [0.1, 0.15) is 10.7 Å². The molecule has 0 bridgehead atoms. The minimum Gasteiger partial charge on any atom is -0.343 e. The minimum absolute atomic E-state index is 0.155. The van der Waals surface area contributed by atoms with Crippen molar-refractivity contribution >= 4 is 30.6 Å². The third kappa shape index (κ3) is 2.27. The first kappa shape index (κ1) is 13.1. The van der Waals surface area contributed by atoms with Crippen LogP contribution in [-0.2, 0) is 15.6 Å². The van der Waals surface area contributed by atoms with Crippen molar-refractivity contribution in [2.75, 3.05) is 0 Å². The van der Waals surface area contributed by atoms with Gasteiger partial charge in [-0.25, -0.2) is 12.8 Å². The van der Waals surface area contributed by atoms with Gasteiger partial charge in [0.25, 0.3) is 9.05 Å². The summed E-state index contributed by atoms with van der Waals surface area (Å²) in [5.41, 5.74) is 0.510. The molecule has 0 aliphatic heterocycles. The maximum atomic E-state index is 13.3. The largest absolute Gasteiger partial charge is 0.343 e. The average Bonchev–Trinajstić information content (AvgIpc) is 2.97. The van der Waals surface area contributed by atoms with Crippen LogP contribution in [0.1, 0.15) is 5.82 Å². The van der Waals surface area contributed by atoms with E-state index in [2.05, 4.69) is 14.7 Å². The Balaban J connectivity index is 2.23. The SMILES string of the molecule is O=S(=O)(Cl)c1cn(Cc2ncon2)c2ccc(F)cc12. The van der Waals surface area contributed by atoms with Crippen LogP contribution in [0, 0.1) is 5.82 Å². The van der Waals surface area contributed by atoms with Gasteiger partial charge >= 0.3 is 0 Å². The van der Waals surface area contributed by atoms with Crippen LogP contribution >= 0.6 is 10.7 Å². The van der Waals surface area contributed by atoms with Gasteiger partial charge in [0.15, 0.2) is 5.82 Å². The van der Waals surface area contributed by atoms with E-state index in [0.717, 1.165) is 6.07 Å². The lowest BCUT2D eigenvalue weighted by atomic mass is 10.2. The molecule has 6 nitrogen and oxygen atoms in total. The summed E-state index contributed by atoms with van der Waals surface area (Å²) < 4.78 is 42.6. The molecule has 0 amide bonds. The molecule has 3 aromatic rings. The molecule has 0 atom stereocenters. The maximum Gasteiger partial charge on any atom is 0.263 e. The summed E-state index contributed by atoms with van der Waals surface area (Å²) in [6, 6.07) is 3.83. The third-order valence-electron chi connectivity index (χ3n) is 2.79. The van der Waals surface area contributed by atoms with E-state index in [1.165, 1.54) is 24.7 Å². The molecule has 2 heterocycles. The molecule has 0 spiro atoms. The fraction of sp³-hybridized carbons (Fsp3) is 0.0909. The van der Waals surface area contributed by atoms with Gasteiger partial charge in [0.05, 0.1) is 12.1 Å². The molecule has 3 rings (SSSR count). The number of benzene rings is 1. The number of fused-ring (bicyclic) bond motifs is 1. The molecule has 0 saturated carbocycles. The topological polar surface area (TPSA) is 78.0 Å². The monoisotopic (exact) mass is 315 g/mol. The van der Waals surface area contributed by atoms with E-state index < -0.39 is 14.9 Å². The molecule has 20 heavy (non-hydrogen) atoms. The zero-order valence-corrected chi connectivity index (χ0v) is 11.4. The summed E-state index contributed by atoms with van der Waals surface area (Å²) in [4.78, 5) is 3.70. The Morgan fingerprint density at radius 1 is 1.40 bits per heavy atom. The van der Waals surface area contributed by atoms with Crippen LogP contribution in [0.25, 0.3) is 10.9 Å². The predicted molar refractivity (Wildman–Crippen MR) is 68.3 cm³/mol. The van der Waals surface area contributed by atoms with Crippen LogP contribution in [0.15, 0.2) is 40.2 Å². The molecule has 0 saturated heterocycles. The molecule has 0 N–H and O–H groups in total. The van der Waals surface area contributed by atoms with Crippen molar-refractivity contribution in [3.8, 4) is 0 Å². The smallest absolute Gasteiger partial charge is 0.263 e. The van der Waals surface area contributed by atoms with E-state index in [1.807, 2.05) is 0 Å². The number of halogens is 2. The van der Waals surface area contributed by atoms with Gasteiger partial charge in [-0.1, -0.05) is 5.16 Å². The van der Waals surface area contributed by atoms with Gasteiger partial charge in [0, 0.05) is 22.3 Å². The second-order valence-electron chi connectivity index (χ2n) is 4.07. The van der Waals surface area contributed by atoms with E-state index in [0.29, 0.717) is 11.3 Å². The quantitative estimate of drug-likeness (QED) is 0.692. The molecule has 0 aliphatic carbocycles. The Hall–Kier alpha value is -1.93. The summed E-state index contributed by atoms with van der Waals surface area (Å²) in [7, 11) is 1.39. The predicted octanol–water partition coefficient (Wildman–Crippen LogP) is 2.14. The van der Waals surface area contributed by atoms with Crippen LogP contribution < -0.4 is 0 Å². The molecular formula is C11H7ClFN3O3S. The molecule has 0 aliphatic rings. The second kappa shape index (κ2) is 4.57. The number of rotatable bonds is 3. The van der Waals surface area contributed by atoms with Crippen LogP contribution in [0.2, 0.25) is 0 Å². The van der Waals surface area contributed by atoms with Crippen molar-refractivity contribution in [3.63, 3.8) is 0 Å². The Bertz CT molecular complexity index is 874. The fourth-order valence-corrected chi connectivity index (χ4v) is 3.02. The summed E-state index contributed by atoms with van der Waals surface area (Å²) in [5.74, 6) is -0.180. The molecule has 0 fully saturated rings. The second-order valence-corrected chi connectivity index (χ2v) is 6.60. The van der Waals surface area contributed by atoms with E-state index in [-0.39, 0.29) is 16.8 Å². The number of nitrogens with zero attached hydrogens (tertiary/aromatic N) is 3. The highest BCUT2D eigenvalue weighted by Crippen LogP contribution is 2.29. The third-order valence-corrected chi connectivity index (χ3v) is 4.14. The first-order valence-corrected chi connectivity index (χ1v) is 7.74. The molecule has 9 heteroatoms. The van der Waals surface area contributed by atoms with E-state index in [9.17, 15) is 12.8 Å². The highest BCUT2D eigenvalue weighted by atomic mass is 35.7. The lowest BCUT2D eigenvalue weighted by molar-refractivity contribution is 0.408. The lowest BCUT2D eigenvalue weighted by Crippen LogP contribution is -1.99. The Morgan fingerprint density at radius 3 is 2.85 bits per heavy atom. The van der Waals surface area contributed by atoms with Crippen LogP contribution in [-0.4, -0.2) is 23.1 Å². The zero-order valence-electron chi connectivity index (χ0n) is 9.82. The average molecular weight is 316 g/mol. The molecular weight excluding hydrogens is 309 g/mol. The molecule has 0 unspecified atom stereocenters. The number of hydrogen-bond acceptors (Lipinski definition) is 5. The fourth-order valence-electron chi connectivity index (χ4n) is 1.98. The Kier molecular flexibility index (Phi) is 2.98. The van der Waals surface area contributed by atoms with Gasteiger partial charge in [-0.05, 0) is 18.2 Å². The van der Waals surface area contributed by atoms with Gasteiger partial charge in [-0.3, -0.25) is 0 Å². The standard InChI is InChI=1S/C11H7ClFN3O3S/c12-20(17,18)10-4-16(5-11-14-6-19-15-11)9-2-1-7(13)3-8(9)10/h1-4,6H,5H2. The van der Waals surface area contributed by atoms with Gasteiger partial charge < -0.3 is 9.09 Å². The molecule has 1 aromatic carbocycles. The van der Waals surface area contributed by atoms with Crippen molar-refractivity contribution in [3.05, 3.63) is 42.4 Å².